The van der Waals surface area contributed by atoms with Gasteiger partial charge in [0.25, 0.3) is 5.91 Å². The van der Waals surface area contributed by atoms with Crippen molar-refractivity contribution in [3.63, 3.8) is 0 Å². The lowest BCUT2D eigenvalue weighted by atomic mass is 9.80. The number of nitrogens with zero attached hydrogens (tertiary/aromatic N) is 2. The molecule has 0 saturated carbocycles. The van der Waals surface area contributed by atoms with Gasteiger partial charge in [0.15, 0.2) is 0 Å². The van der Waals surface area contributed by atoms with E-state index in [0.29, 0.717) is 11.5 Å². The number of nitrogens with one attached hydrogen (secondary N) is 1. The van der Waals surface area contributed by atoms with Crippen LogP contribution in [0.3, 0.4) is 0 Å². The van der Waals surface area contributed by atoms with E-state index >= 15 is 0 Å². The lowest BCUT2D eigenvalue weighted by molar-refractivity contribution is 0.0776. The van der Waals surface area contributed by atoms with Gasteiger partial charge in [-0.25, -0.2) is 0 Å². The van der Waals surface area contributed by atoms with Crippen molar-refractivity contribution in [2.75, 3.05) is 13.1 Å². The predicted octanol–water partition coefficient (Wildman–Crippen LogP) is 1.92. The Morgan fingerprint density at radius 1 is 1.56 bits per heavy atom. The summed E-state index contributed by atoms with van der Waals surface area (Å²) in [5.41, 5.74) is 0.945. The number of amides is 1. The molecular formula is C12H19N3O. The lowest BCUT2D eigenvalue weighted by Crippen LogP contribution is -2.30. The molecule has 1 unspecified atom stereocenters. The first kappa shape index (κ1) is 11.2. The van der Waals surface area contributed by atoms with Crippen LogP contribution in [0, 0.1) is 11.3 Å². The first-order valence-electron chi connectivity index (χ1n) is 5.76. The maximum absolute atomic E-state index is 12.0. The molecule has 0 aliphatic carbocycles. The van der Waals surface area contributed by atoms with Gasteiger partial charge in [0.2, 0.25) is 0 Å². The molecule has 1 aromatic heterocycles. The molecule has 4 heteroatoms. The molecule has 1 aliphatic heterocycles. The van der Waals surface area contributed by atoms with Gasteiger partial charge >= 0.3 is 0 Å². The molecule has 0 bridgehead atoms. The maximum Gasteiger partial charge on any atom is 0.257 e. The van der Waals surface area contributed by atoms with E-state index in [1.165, 1.54) is 0 Å². The quantitative estimate of drug-likeness (QED) is 0.787. The predicted molar refractivity (Wildman–Crippen MR) is 62.1 cm³/mol. The highest BCUT2D eigenvalue weighted by atomic mass is 16.2. The summed E-state index contributed by atoms with van der Waals surface area (Å²) in [6.45, 7) is 8.45. The largest absolute Gasteiger partial charge is 0.338 e. The van der Waals surface area contributed by atoms with Crippen LogP contribution in [0.4, 0.5) is 0 Å². The Morgan fingerprint density at radius 2 is 2.31 bits per heavy atom. The fourth-order valence-electron chi connectivity index (χ4n) is 2.20. The van der Waals surface area contributed by atoms with Crippen molar-refractivity contribution in [2.24, 2.45) is 11.3 Å². The van der Waals surface area contributed by atoms with E-state index in [1.807, 2.05) is 4.90 Å². The SMILES string of the molecule is CC(C)(C)C1CCN(C(=O)c2cn[nH]c2)C1. The molecule has 1 aromatic rings. The number of H-pyrrole nitrogens is 1. The van der Waals surface area contributed by atoms with E-state index < -0.39 is 0 Å². The number of aromatic nitrogens is 2. The van der Waals surface area contributed by atoms with Gasteiger partial charge in [-0.15, -0.1) is 0 Å². The summed E-state index contributed by atoms with van der Waals surface area (Å²) in [5, 5.41) is 6.49. The molecule has 16 heavy (non-hydrogen) atoms. The third kappa shape index (κ3) is 2.10. The van der Waals surface area contributed by atoms with Crippen molar-refractivity contribution in [3.8, 4) is 0 Å². The number of rotatable bonds is 1. The average molecular weight is 221 g/mol. The summed E-state index contributed by atoms with van der Waals surface area (Å²) < 4.78 is 0. The molecule has 0 aromatic carbocycles. The zero-order valence-corrected chi connectivity index (χ0v) is 10.2. The minimum Gasteiger partial charge on any atom is -0.338 e. The second-order valence-corrected chi connectivity index (χ2v) is 5.59. The molecule has 0 radical (unpaired) electrons. The fourth-order valence-corrected chi connectivity index (χ4v) is 2.20. The Labute approximate surface area is 96.0 Å². The third-order valence-electron chi connectivity index (χ3n) is 3.45. The van der Waals surface area contributed by atoms with E-state index in [9.17, 15) is 4.79 Å². The van der Waals surface area contributed by atoms with Crippen LogP contribution < -0.4 is 0 Å². The minimum atomic E-state index is 0.0977. The zero-order chi connectivity index (χ0) is 11.8. The van der Waals surface area contributed by atoms with E-state index in [1.54, 1.807) is 12.4 Å². The Kier molecular flexibility index (Phi) is 2.74. The Balaban J connectivity index is 2.02. The molecule has 4 nitrogen and oxygen atoms in total. The van der Waals surface area contributed by atoms with E-state index in [4.69, 9.17) is 0 Å². The number of carbonyl (C=O) groups is 1. The topological polar surface area (TPSA) is 49.0 Å². The summed E-state index contributed by atoms with van der Waals surface area (Å²) in [5.74, 6) is 0.698. The molecule has 2 rings (SSSR count). The van der Waals surface area contributed by atoms with E-state index in [2.05, 4.69) is 31.0 Å². The van der Waals surface area contributed by atoms with Gasteiger partial charge in [-0.05, 0) is 17.8 Å². The third-order valence-corrected chi connectivity index (χ3v) is 3.45. The van der Waals surface area contributed by atoms with Crippen LogP contribution >= 0.6 is 0 Å². The van der Waals surface area contributed by atoms with Gasteiger partial charge in [0, 0.05) is 19.3 Å². The van der Waals surface area contributed by atoms with Crippen LogP contribution in [-0.4, -0.2) is 34.1 Å². The highest BCUT2D eigenvalue weighted by Gasteiger charge is 2.34. The summed E-state index contributed by atoms with van der Waals surface area (Å²) in [7, 11) is 0. The van der Waals surface area contributed by atoms with Gasteiger partial charge in [0.1, 0.15) is 0 Å². The van der Waals surface area contributed by atoms with Crippen LogP contribution in [0.1, 0.15) is 37.6 Å². The van der Waals surface area contributed by atoms with Crippen LogP contribution in [0.5, 0.6) is 0 Å². The summed E-state index contributed by atoms with van der Waals surface area (Å²) in [6, 6.07) is 0. The number of aromatic amines is 1. The molecule has 1 saturated heterocycles. The molecule has 1 amide bonds. The average Bonchev–Trinajstić information content (AvgIpc) is 2.87. The van der Waals surface area contributed by atoms with Crippen LogP contribution in [0.15, 0.2) is 12.4 Å². The Hall–Kier alpha value is -1.32. The smallest absolute Gasteiger partial charge is 0.257 e. The van der Waals surface area contributed by atoms with Crippen molar-refractivity contribution in [1.29, 1.82) is 0 Å². The monoisotopic (exact) mass is 221 g/mol. The summed E-state index contributed by atoms with van der Waals surface area (Å²) in [4.78, 5) is 14.0. The van der Waals surface area contributed by atoms with Crippen LogP contribution in [-0.2, 0) is 0 Å². The van der Waals surface area contributed by atoms with E-state index in [0.717, 1.165) is 19.5 Å². The summed E-state index contributed by atoms with van der Waals surface area (Å²) >= 11 is 0. The molecule has 1 aliphatic rings. The molecule has 1 N–H and O–H groups in total. The second-order valence-electron chi connectivity index (χ2n) is 5.59. The van der Waals surface area contributed by atoms with Gasteiger partial charge in [-0.3, -0.25) is 9.89 Å². The number of hydrogen-bond donors (Lipinski definition) is 1. The summed E-state index contributed by atoms with van der Waals surface area (Å²) in [6.07, 6.45) is 4.35. The standard InChI is InChI=1S/C12H19N3O/c1-12(2,3)10-4-5-15(8-10)11(16)9-6-13-14-7-9/h6-7,10H,4-5,8H2,1-3H3,(H,13,14). The molecule has 1 fully saturated rings. The first-order chi connectivity index (χ1) is 7.48. The highest BCUT2D eigenvalue weighted by Crippen LogP contribution is 2.33. The Morgan fingerprint density at radius 3 is 2.81 bits per heavy atom. The molecule has 1 atom stereocenters. The molecular weight excluding hydrogens is 202 g/mol. The second kappa shape index (κ2) is 3.92. The highest BCUT2D eigenvalue weighted by molar-refractivity contribution is 5.93. The van der Waals surface area contributed by atoms with Gasteiger partial charge in [-0.1, -0.05) is 20.8 Å². The lowest BCUT2D eigenvalue weighted by Gasteiger charge is -2.26. The first-order valence-corrected chi connectivity index (χ1v) is 5.76. The normalized spacial score (nSPS) is 21.4. The maximum atomic E-state index is 12.0. The fraction of sp³-hybridized carbons (Fsp3) is 0.667. The molecule has 88 valence electrons. The number of carbonyl (C=O) groups excluding carboxylic acids is 1. The number of likely N-dealkylation sites (tertiary alicyclic amines) is 1. The number of hydrogen-bond acceptors (Lipinski definition) is 2. The van der Waals surface area contributed by atoms with Gasteiger partial charge in [0.05, 0.1) is 11.8 Å². The molecule has 0 spiro atoms. The van der Waals surface area contributed by atoms with Crippen molar-refractivity contribution in [3.05, 3.63) is 18.0 Å². The minimum absolute atomic E-state index is 0.0977. The zero-order valence-electron chi connectivity index (χ0n) is 10.2. The Bertz CT molecular complexity index is 364. The van der Waals surface area contributed by atoms with Crippen LogP contribution in [0.25, 0.3) is 0 Å². The van der Waals surface area contributed by atoms with Gasteiger partial charge < -0.3 is 4.90 Å². The van der Waals surface area contributed by atoms with Crippen molar-refractivity contribution in [2.45, 2.75) is 27.2 Å². The van der Waals surface area contributed by atoms with Crippen molar-refractivity contribution < 1.29 is 4.79 Å². The van der Waals surface area contributed by atoms with Gasteiger partial charge in [-0.2, -0.15) is 5.10 Å². The van der Waals surface area contributed by atoms with E-state index in [-0.39, 0.29) is 11.3 Å². The van der Waals surface area contributed by atoms with Crippen LogP contribution in [0.2, 0.25) is 0 Å². The molecule has 2 heterocycles. The van der Waals surface area contributed by atoms with Crippen molar-refractivity contribution in [1.82, 2.24) is 15.1 Å². The van der Waals surface area contributed by atoms with Crippen molar-refractivity contribution >= 4 is 5.91 Å².